The molecule has 0 fully saturated rings. The normalized spacial score (nSPS) is 10.4. The van der Waals surface area contributed by atoms with Crippen LogP contribution in [0.1, 0.15) is 117 Å². The van der Waals surface area contributed by atoms with Gasteiger partial charge in [-0.15, -0.1) is 0 Å². The summed E-state index contributed by atoms with van der Waals surface area (Å²) in [6.45, 7) is 13.3. The first-order valence-electron chi connectivity index (χ1n) is 18.0. The zero-order valence-corrected chi connectivity index (χ0v) is 29.5. The number of benzene rings is 4. The number of anilines is 2. The monoisotopic (exact) mass is 636 g/mol. The molecule has 3 heteroatoms. The van der Waals surface area contributed by atoms with Crippen LogP contribution in [0.4, 0.5) is 11.4 Å². The van der Waals surface area contributed by atoms with Crippen molar-refractivity contribution >= 4 is 17.2 Å². The topological polar surface area (TPSA) is 23.6 Å². The fourth-order valence-electron chi connectivity index (χ4n) is 5.51. The Morgan fingerprint density at radius 3 is 0.917 bits per heavy atom. The molecule has 0 saturated heterocycles. The second kappa shape index (κ2) is 19.8. The van der Waals surface area contributed by atoms with E-state index in [0.717, 1.165) is 48.4 Å². The molecule has 0 amide bonds. The minimum Gasteiger partial charge on any atom is -0.372 e. The van der Waals surface area contributed by atoms with Crippen molar-refractivity contribution in [2.24, 2.45) is 0 Å². The predicted molar refractivity (Wildman–Crippen MR) is 205 cm³/mol. The van der Waals surface area contributed by atoms with E-state index in [0.29, 0.717) is 11.1 Å². The zero-order valence-electron chi connectivity index (χ0n) is 29.5. The number of unbranched alkanes of at least 4 members (excludes halogenated alkanes) is 4. The summed E-state index contributed by atoms with van der Waals surface area (Å²) < 4.78 is 0. The maximum Gasteiger partial charge on any atom is 0.193 e. The van der Waals surface area contributed by atoms with E-state index in [1.54, 1.807) is 0 Å². The van der Waals surface area contributed by atoms with Crippen molar-refractivity contribution in [1.29, 1.82) is 0 Å². The van der Waals surface area contributed by atoms with Gasteiger partial charge in [-0.2, -0.15) is 0 Å². The minimum atomic E-state index is -0.00778. The van der Waals surface area contributed by atoms with Crippen LogP contribution in [-0.2, 0) is 0 Å². The van der Waals surface area contributed by atoms with Gasteiger partial charge in [0, 0.05) is 70.9 Å². The molecule has 0 radical (unpaired) electrons. The van der Waals surface area contributed by atoms with E-state index in [4.69, 9.17) is 0 Å². The van der Waals surface area contributed by atoms with E-state index in [1.807, 2.05) is 48.5 Å². The van der Waals surface area contributed by atoms with Crippen molar-refractivity contribution in [2.45, 2.75) is 79.1 Å². The lowest BCUT2D eigenvalue weighted by Gasteiger charge is -2.24. The summed E-state index contributed by atoms with van der Waals surface area (Å²) in [7, 11) is 0. The number of hydrogen-bond acceptors (Lipinski definition) is 3. The molecule has 0 unspecified atom stereocenters. The summed E-state index contributed by atoms with van der Waals surface area (Å²) in [4.78, 5) is 18.2. The SMILES string of the molecule is CCCCN(CCCC)c1ccc(C#Cc2ccc(C(=O)c3ccc(C#Cc4ccc(N(CCCC)CCCC)cc4)cc3)cc2)cc1. The van der Waals surface area contributed by atoms with Crippen LogP contribution in [-0.4, -0.2) is 32.0 Å². The van der Waals surface area contributed by atoms with Gasteiger partial charge in [-0.25, -0.2) is 0 Å². The van der Waals surface area contributed by atoms with Crippen molar-refractivity contribution in [3.63, 3.8) is 0 Å². The first-order valence-corrected chi connectivity index (χ1v) is 18.0. The molecular formula is C45H52N2O. The Balaban J connectivity index is 1.34. The number of carbonyl (C=O) groups excluding carboxylic acids is 1. The number of nitrogens with zero attached hydrogens (tertiary/aromatic N) is 2. The molecule has 0 aliphatic carbocycles. The van der Waals surface area contributed by atoms with Gasteiger partial charge in [0.25, 0.3) is 0 Å². The van der Waals surface area contributed by atoms with Crippen molar-refractivity contribution in [3.8, 4) is 23.7 Å². The average Bonchev–Trinajstić information content (AvgIpc) is 3.14. The lowest BCUT2D eigenvalue weighted by Crippen LogP contribution is -2.25. The van der Waals surface area contributed by atoms with E-state index in [-0.39, 0.29) is 5.78 Å². The van der Waals surface area contributed by atoms with Crippen LogP contribution < -0.4 is 9.80 Å². The molecule has 248 valence electrons. The third-order valence-corrected chi connectivity index (χ3v) is 8.59. The fraction of sp³-hybridized carbons (Fsp3) is 0.356. The molecule has 0 bridgehead atoms. The summed E-state index contributed by atoms with van der Waals surface area (Å²) in [6.07, 6.45) is 9.62. The van der Waals surface area contributed by atoms with Crippen molar-refractivity contribution in [2.75, 3.05) is 36.0 Å². The standard InChI is InChI=1S/C45H52N2O/c1-5-9-33-46(34-10-6-2)43-29-21-39(22-30-43)15-13-37-17-25-41(26-18-37)45(48)42-27-19-38(20-28-42)14-16-40-23-31-44(32-24-40)47(35-11-7-3)36-12-8-4/h17-32H,5-12,33-36H2,1-4H3. The smallest absolute Gasteiger partial charge is 0.193 e. The Labute approximate surface area is 290 Å². The third kappa shape index (κ3) is 11.2. The molecule has 0 aliphatic rings. The largest absolute Gasteiger partial charge is 0.372 e. The second-order valence-corrected chi connectivity index (χ2v) is 12.5. The van der Waals surface area contributed by atoms with Crippen molar-refractivity contribution in [1.82, 2.24) is 0 Å². The van der Waals surface area contributed by atoms with Gasteiger partial charge >= 0.3 is 0 Å². The fourth-order valence-corrected chi connectivity index (χ4v) is 5.51. The van der Waals surface area contributed by atoms with Gasteiger partial charge < -0.3 is 9.80 Å². The van der Waals surface area contributed by atoms with Gasteiger partial charge in [0.05, 0.1) is 0 Å². The molecule has 0 saturated carbocycles. The molecule has 0 aliphatic heterocycles. The number of hydrogen-bond donors (Lipinski definition) is 0. The molecule has 4 aromatic rings. The molecule has 4 rings (SSSR count). The quantitative estimate of drug-likeness (QED) is 0.0903. The van der Waals surface area contributed by atoms with Crippen LogP contribution in [0.2, 0.25) is 0 Å². The Morgan fingerprint density at radius 2 is 0.667 bits per heavy atom. The van der Waals surface area contributed by atoms with E-state index in [1.165, 1.54) is 62.7 Å². The maximum atomic E-state index is 13.2. The van der Waals surface area contributed by atoms with Crippen LogP contribution in [0.3, 0.4) is 0 Å². The van der Waals surface area contributed by atoms with Gasteiger partial charge in [0.1, 0.15) is 0 Å². The minimum absolute atomic E-state index is 0.00778. The zero-order chi connectivity index (χ0) is 34.0. The lowest BCUT2D eigenvalue weighted by molar-refractivity contribution is 0.103. The Hall–Kier alpha value is -4.73. The number of carbonyl (C=O) groups is 1. The highest BCUT2D eigenvalue weighted by Crippen LogP contribution is 2.19. The number of rotatable bonds is 16. The molecule has 0 heterocycles. The maximum absolute atomic E-state index is 13.2. The summed E-state index contributed by atoms with van der Waals surface area (Å²) in [6, 6.07) is 32.3. The average molecular weight is 637 g/mol. The summed E-state index contributed by atoms with van der Waals surface area (Å²) in [5.41, 5.74) is 7.57. The van der Waals surface area contributed by atoms with Crippen LogP contribution in [0.15, 0.2) is 97.1 Å². The van der Waals surface area contributed by atoms with Crippen molar-refractivity contribution in [3.05, 3.63) is 130 Å². The predicted octanol–water partition coefficient (Wildman–Crippen LogP) is 10.5. The van der Waals surface area contributed by atoms with Gasteiger partial charge in [-0.3, -0.25) is 4.79 Å². The Morgan fingerprint density at radius 1 is 0.417 bits per heavy atom. The van der Waals surface area contributed by atoms with Crippen LogP contribution in [0, 0.1) is 23.7 Å². The highest BCUT2D eigenvalue weighted by atomic mass is 16.1. The van der Waals surface area contributed by atoms with Crippen molar-refractivity contribution < 1.29 is 4.79 Å². The van der Waals surface area contributed by atoms with Gasteiger partial charge in [-0.1, -0.05) is 77.1 Å². The molecule has 0 spiro atoms. The van der Waals surface area contributed by atoms with E-state index >= 15 is 0 Å². The highest BCUT2D eigenvalue weighted by Gasteiger charge is 2.09. The molecule has 0 N–H and O–H groups in total. The molecule has 0 atom stereocenters. The van der Waals surface area contributed by atoms with Gasteiger partial charge in [0.2, 0.25) is 0 Å². The second-order valence-electron chi connectivity index (χ2n) is 12.5. The van der Waals surface area contributed by atoms with E-state index in [9.17, 15) is 4.79 Å². The van der Waals surface area contributed by atoms with Crippen LogP contribution in [0.25, 0.3) is 0 Å². The number of ketones is 1. The summed E-state index contributed by atoms with van der Waals surface area (Å²) >= 11 is 0. The van der Waals surface area contributed by atoms with Gasteiger partial charge in [-0.05, 0) is 123 Å². The molecule has 0 aromatic heterocycles. The first-order chi connectivity index (χ1) is 23.5. The van der Waals surface area contributed by atoms with E-state index in [2.05, 4.69) is 110 Å². The highest BCUT2D eigenvalue weighted by molar-refractivity contribution is 6.09. The molecule has 4 aromatic carbocycles. The Bertz CT molecular complexity index is 1520. The van der Waals surface area contributed by atoms with Crippen LogP contribution >= 0.6 is 0 Å². The van der Waals surface area contributed by atoms with E-state index < -0.39 is 0 Å². The molecular weight excluding hydrogens is 585 g/mol. The Kier molecular flexibility index (Phi) is 14.9. The summed E-state index contributed by atoms with van der Waals surface area (Å²) in [5, 5.41) is 0. The summed E-state index contributed by atoms with van der Waals surface area (Å²) in [5.74, 6) is 13.0. The first kappa shape index (κ1) is 36.1. The van der Waals surface area contributed by atoms with Crippen LogP contribution in [0.5, 0.6) is 0 Å². The molecule has 3 nitrogen and oxygen atoms in total. The third-order valence-electron chi connectivity index (χ3n) is 8.59. The van der Waals surface area contributed by atoms with Gasteiger partial charge in [0.15, 0.2) is 5.78 Å². The molecule has 48 heavy (non-hydrogen) atoms. The lowest BCUT2D eigenvalue weighted by atomic mass is 10.0.